The monoisotopic (exact) mass is 330 g/mol. The number of benzene rings is 1. The SMILES string of the molecule is CC(CCO)N(Cc1ccccc1)Cc1nc(N)nc(N(C)C)n1. The van der Waals surface area contributed by atoms with Crippen molar-refractivity contribution in [1.82, 2.24) is 19.9 Å². The van der Waals surface area contributed by atoms with E-state index in [1.54, 1.807) is 4.90 Å². The molecule has 0 aliphatic heterocycles. The molecule has 0 saturated heterocycles. The first-order valence-electron chi connectivity index (χ1n) is 8.06. The minimum Gasteiger partial charge on any atom is -0.396 e. The zero-order valence-corrected chi connectivity index (χ0v) is 14.6. The van der Waals surface area contributed by atoms with Crippen LogP contribution < -0.4 is 10.6 Å². The van der Waals surface area contributed by atoms with Crippen molar-refractivity contribution < 1.29 is 5.11 Å². The first-order valence-corrected chi connectivity index (χ1v) is 8.06. The van der Waals surface area contributed by atoms with Crippen molar-refractivity contribution in [2.24, 2.45) is 0 Å². The van der Waals surface area contributed by atoms with Gasteiger partial charge >= 0.3 is 0 Å². The second kappa shape index (κ2) is 8.56. The molecule has 0 bridgehead atoms. The molecule has 7 nitrogen and oxygen atoms in total. The van der Waals surface area contributed by atoms with E-state index in [2.05, 4.69) is 38.9 Å². The highest BCUT2D eigenvalue weighted by Gasteiger charge is 2.17. The van der Waals surface area contributed by atoms with E-state index < -0.39 is 0 Å². The Morgan fingerprint density at radius 3 is 2.42 bits per heavy atom. The van der Waals surface area contributed by atoms with E-state index in [4.69, 9.17) is 5.73 Å². The molecule has 2 rings (SSSR count). The molecule has 7 heteroatoms. The van der Waals surface area contributed by atoms with Crippen LogP contribution in [0.1, 0.15) is 24.7 Å². The first-order chi connectivity index (χ1) is 11.5. The van der Waals surface area contributed by atoms with Gasteiger partial charge in [0.15, 0.2) is 0 Å². The van der Waals surface area contributed by atoms with Crippen molar-refractivity contribution in [3.63, 3.8) is 0 Å². The van der Waals surface area contributed by atoms with Gasteiger partial charge in [-0.1, -0.05) is 30.3 Å². The summed E-state index contributed by atoms with van der Waals surface area (Å²) in [7, 11) is 3.74. The topological polar surface area (TPSA) is 91.4 Å². The summed E-state index contributed by atoms with van der Waals surface area (Å²) in [4.78, 5) is 16.9. The molecule has 0 saturated carbocycles. The van der Waals surface area contributed by atoms with Crippen LogP contribution in [0.15, 0.2) is 30.3 Å². The zero-order chi connectivity index (χ0) is 17.5. The maximum absolute atomic E-state index is 9.28. The average Bonchev–Trinajstić information content (AvgIpc) is 2.55. The van der Waals surface area contributed by atoms with Crippen LogP contribution in [0.2, 0.25) is 0 Å². The summed E-state index contributed by atoms with van der Waals surface area (Å²) < 4.78 is 0. The Kier molecular flexibility index (Phi) is 6.45. The largest absolute Gasteiger partial charge is 0.396 e. The Morgan fingerprint density at radius 2 is 1.79 bits per heavy atom. The fourth-order valence-electron chi connectivity index (χ4n) is 2.43. The van der Waals surface area contributed by atoms with Gasteiger partial charge in [0.05, 0.1) is 6.54 Å². The van der Waals surface area contributed by atoms with E-state index >= 15 is 0 Å². The zero-order valence-electron chi connectivity index (χ0n) is 14.6. The fraction of sp³-hybridized carbons (Fsp3) is 0.471. The predicted octanol–water partition coefficient (Wildman–Crippen LogP) is 1.29. The lowest BCUT2D eigenvalue weighted by Crippen LogP contribution is -2.34. The molecule has 24 heavy (non-hydrogen) atoms. The van der Waals surface area contributed by atoms with E-state index in [0.29, 0.717) is 24.7 Å². The summed E-state index contributed by atoms with van der Waals surface area (Å²) in [5, 5.41) is 9.28. The number of nitrogen functional groups attached to an aromatic ring is 1. The van der Waals surface area contributed by atoms with Crippen LogP contribution in [-0.4, -0.2) is 51.7 Å². The maximum atomic E-state index is 9.28. The van der Waals surface area contributed by atoms with Crippen molar-refractivity contribution >= 4 is 11.9 Å². The number of nitrogens with two attached hydrogens (primary N) is 1. The molecule has 1 aromatic carbocycles. The quantitative estimate of drug-likeness (QED) is 0.753. The van der Waals surface area contributed by atoms with Crippen molar-refractivity contribution in [3.05, 3.63) is 41.7 Å². The third kappa shape index (κ3) is 5.14. The van der Waals surface area contributed by atoms with Gasteiger partial charge in [0, 0.05) is 33.3 Å². The van der Waals surface area contributed by atoms with Crippen molar-refractivity contribution in [3.8, 4) is 0 Å². The number of hydrogen-bond donors (Lipinski definition) is 2. The van der Waals surface area contributed by atoms with Crippen LogP contribution in [0.25, 0.3) is 0 Å². The van der Waals surface area contributed by atoms with E-state index in [1.807, 2.05) is 32.3 Å². The molecule has 2 aromatic rings. The van der Waals surface area contributed by atoms with Crippen LogP contribution in [0.5, 0.6) is 0 Å². The molecule has 1 atom stereocenters. The van der Waals surface area contributed by atoms with Crippen LogP contribution in [0.4, 0.5) is 11.9 Å². The lowest BCUT2D eigenvalue weighted by atomic mass is 10.1. The number of hydrogen-bond acceptors (Lipinski definition) is 7. The van der Waals surface area contributed by atoms with Gasteiger partial charge in [-0.2, -0.15) is 15.0 Å². The third-order valence-electron chi connectivity index (χ3n) is 3.83. The highest BCUT2D eigenvalue weighted by molar-refractivity contribution is 5.32. The number of aliphatic hydroxyl groups is 1. The van der Waals surface area contributed by atoms with E-state index in [1.165, 1.54) is 5.56 Å². The highest BCUT2D eigenvalue weighted by atomic mass is 16.3. The minimum absolute atomic E-state index is 0.148. The highest BCUT2D eigenvalue weighted by Crippen LogP contribution is 2.15. The molecule has 0 fully saturated rings. The van der Waals surface area contributed by atoms with Crippen molar-refractivity contribution in [2.75, 3.05) is 31.3 Å². The molecule has 0 amide bonds. The van der Waals surface area contributed by atoms with Crippen molar-refractivity contribution in [1.29, 1.82) is 0 Å². The molecule has 0 radical (unpaired) electrons. The van der Waals surface area contributed by atoms with E-state index in [0.717, 1.165) is 6.54 Å². The first kappa shape index (κ1) is 18.1. The second-order valence-electron chi connectivity index (χ2n) is 6.06. The van der Waals surface area contributed by atoms with Gasteiger partial charge in [0.25, 0.3) is 0 Å². The van der Waals surface area contributed by atoms with Gasteiger partial charge < -0.3 is 15.7 Å². The van der Waals surface area contributed by atoms with Crippen LogP contribution in [0, 0.1) is 0 Å². The number of aromatic nitrogens is 3. The summed E-state index contributed by atoms with van der Waals surface area (Å²) in [6.07, 6.45) is 0.688. The Morgan fingerprint density at radius 1 is 1.08 bits per heavy atom. The van der Waals surface area contributed by atoms with E-state index in [-0.39, 0.29) is 18.6 Å². The third-order valence-corrected chi connectivity index (χ3v) is 3.83. The predicted molar refractivity (Wildman–Crippen MR) is 95.4 cm³/mol. The molecule has 0 aliphatic rings. The normalized spacial score (nSPS) is 12.4. The summed E-state index contributed by atoms with van der Waals surface area (Å²) in [5.74, 6) is 1.40. The molecule has 1 aromatic heterocycles. The lowest BCUT2D eigenvalue weighted by Gasteiger charge is -2.28. The Bertz CT molecular complexity index is 634. The minimum atomic E-state index is 0.148. The smallest absolute Gasteiger partial charge is 0.229 e. The van der Waals surface area contributed by atoms with Gasteiger partial charge in [-0.25, -0.2) is 0 Å². The molecule has 0 aliphatic carbocycles. The average molecular weight is 330 g/mol. The van der Waals surface area contributed by atoms with Crippen LogP contribution in [0.3, 0.4) is 0 Å². The molecule has 3 N–H and O–H groups in total. The summed E-state index contributed by atoms with van der Waals surface area (Å²) in [6, 6.07) is 10.4. The number of anilines is 2. The lowest BCUT2D eigenvalue weighted by molar-refractivity contribution is 0.150. The molecule has 0 spiro atoms. The fourth-order valence-corrected chi connectivity index (χ4v) is 2.43. The number of nitrogens with zero attached hydrogens (tertiary/aromatic N) is 5. The maximum Gasteiger partial charge on any atom is 0.229 e. The van der Waals surface area contributed by atoms with Gasteiger partial charge in [-0.3, -0.25) is 4.90 Å². The van der Waals surface area contributed by atoms with Crippen LogP contribution in [-0.2, 0) is 13.1 Å². The Hall–Kier alpha value is -2.25. The molecule has 1 heterocycles. The van der Waals surface area contributed by atoms with Gasteiger partial charge in [-0.15, -0.1) is 0 Å². The van der Waals surface area contributed by atoms with Crippen LogP contribution >= 0.6 is 0 Å². The van der Waals surface area contributed by atoms with Gasteiger partial charge in [0.2, 0.25) is 11.9 Å². The molecular formula is C17H26N6O. The van der Waals surface area contributed by atoms with Gasteiger partial charge in [-0.05, 0) is 18.9 Å². The number of rotatable bonds is 8. The van der Waals surface area contributed by atoms with Gasteiger partial charge in [0.1, 0.15) is 5.82 Å². The number of aliphatic hydroxyl groups excluding tert-OH is 1. The summed E-state index contributed by atoms with van der Waals surface area (Å²) in [5.41, 5.74) is 7.02. The second-order valence-corrected chi connectivity index (χ2v) is 6.06. The molecular weight excluding hydrogens is 304 g/mol. The summed E-state index contributed by atoms with van der Waals surface area (Å²) >= 11 is 0. The van der Waals surface area contributed by atoms with Crippen molar-refractivity contribution in [2.45, 2.75) is 32.5 Å². The molecule has 1 unspecified atom stereocenters. The van der Waals surface area contributed by atoms with E-state index in [9.17, 15) is 5.11 Å². The molecule has 130 valence electrons. The summed E-state index contributed by atoms with van der Waals surface area (Å²) in [6.45, 7) is 3.54. The Labute approximate surface area is 143 Å². The Balaban J connectivity index is 2.21. The standard InChI is InChI=1S/C17H26N6O/c1-13(9-10-24)23(11-14-7-5-4-6-8-14)12-15-19-16(18)21-17(20-15)22(2)3/h4-8,13,24H,9-12H2,1-3H3,(H2,18,19,20,21).